The minimum absolute atomic E-state index is 0. The highest BCUT2D eigenvalue weighted by molar-refractivity contribution is 14.0. The molecular formula is C15H28IN3. The van der Waals surface area contributed by atoms with E-state index < -0.39 is 0 Å². The first-order chi connectivity index (χ1) is 8.88. The molecule has 2 rings (SSSR count). The fraction of sp³-hybridized carbons (Fsp3) is 0.800. The minimum atomic E-state index is 0. The van der Waals surface area contributed by atoms with Crippen LogP contribution in [0.2, 0.25) is 0 Å². The fourth-order valence-electron chi connectivity index (χ4n) is 2.63. The maximum absolute atomic E-state index is 4.28. The molecule has 2 aliphatic carbocycles. The minimum Gasteiger partial charge on any atom is -0.356 e. The van der Waals surface area contributed by atoms with Crippen molar-refractivity contribution in [2.24, 2.45) is 10.9 Å². The van der Waals surface area contributed by atoms with Crippen molar-refractivity contribution in [2.45, 2.75) is 51.4 Å². The van der Waals surface area contributed by atoms with E-state index in [0.29, 0.717) is 0 Å². The highest BCUT2D eigenvalue weighted by Crippen LogP contribution is 2.25. The van der Waals surface area contributed by atoms with E-state index in [1.807, 2.05) is 7.05 Å². The van der Waals surface area contributed by atoms with Gasteiger partial charge in [-0.25, -0.2) is 0 Å². The van der Waals surface area contributed by atoms with Gasteiger partial charge in [-0.1, -0.05) is 18.1 Å². The molecule has 3 nitrogen and oxygen atoms in total. The molecule has 0 amide bonds. The van der Waals surface area contributed by atoms with Gasteiger partial charge >= 0.3 is 0 Å². The first kappa shape index (κ1) is 16.8. The lowest BCUT2D eigenvalue weighted by atomic mass is 9.85. The van der Waals surface area contributed by atoms with E-state index in [-0.39, 0.29) is 24.0 Å². The molecule has 0 aromatic heterocycles. The Labute approximate surface area is 134 Å². The molecule has 0 aromatic carbocycles. The lowest BCUT2D eigenvalue weighted by Gasteiger charge is -2.26. The van der Waals surface area contributed by atoms with E-state index in [4.69, 9.17) is 0 Å². The predicted octanol–water partition coefficient (Wildman–Crippen LogP) is 3.46. The topological polar surface area (TPSA) is 36.4 Å². The standard InChI is InChI=1S/C15H27N3.HI/c1-16-15(18-12-14-8-5-9-14)17-11-10-13-6-3-2-4-7-13;/h6,14H,2-5,7-12H2,1H3,(H2,16,17,18);1H. The third-order valence-electron chi connectivity index (χ3n) is 4.13. The van der Waals surface area contributed by atoms with Crippen molar-refractivity contribution in [1.82, 2.24) is 10.6 Å². The molecule has 2 aliphatic rings. The molecule has 0 bridgehead atoms. The Bertz CT molecular complexity index is 309. The number of nitrogens with one attached hydrogen (secondary N) is 2. The highest BCUT2D eigenvalue weighted by atomic mass is 127. The van der Waals surface area contributed by atoms with Crippen molar-refractivity contribution in [1.29, 1.82) is 0 Å². The molecule has 0 unspecified atom stereocenters. The maximum atomic E-state index is 4.28. The lowest BCUT2D eigenvalue weighted by Crippen LogP contribution is -2.41. The molecule has 0 heterocycles. The number of aliphatic imine (C=N–C) groups is 1. The zero-order chi connectivity index (χ0) is 12.6. The van der Waals surface area contributed by atoms with Gasteiger partial charge in [0.1, 0.15) is 0 Å². The number of halogens is 1. The van der Waals surface area contributed by atoms with E-state index in [9.17, 15) is 0 Å². The van der Waals surface area contributed by atoms with Crippen LogP contribution in [0.15, 0.2) is 16.6 Å². The highest BCUT2D eigenvalue weighted by Gasteiger charge is 2.17. The van der Waals surface area contributed by atoms with Gasteiger partial charge in [-0.2, -0.15) is 0 Å². The Hall–Kier alpha value is -0.260. The molecule has 4 heteroatoms. The number of allylic oxidation sites excluding steroid dienone is 1. The quantitative estimate of drug-likeness (QED) is 0.333. The summed E-state index contributed by atoms with van der Waals surface area (Å²) in [5.41, 5.74) is 1.63. The van der Waals surface area contributed by atoms with Crippen molar-refractivity contribution >= 4 is 29.9 Å². The third-order valence-corrected chi connectivity index (χ3v) is 4.13. The van der Waals surface area contributed by atoms with Gasteiger partial charge in [-0.3, -0.25) is 4.99 Å². The molecule has 0 radical (unpaired) electrons. The average Bonchev–Trinajstić information content (AvgIpc) is 2.36. The summed E-state index contributed by atoms with van der Waals surface area (Å²) in [7, 11) is 1.86. The average molecular weight is 377 g/mol. The number of guanidine groups is 1. The second kappa shape index (κ2) is 9.61. The molecule has 110 valence electrons. The van der Waals surface area contributed by atoms with Gasteiger partial charge in [0.25, 0.3) is 0 Å². The molecule has 1 saturated carbocycles. The van der Waals surface area contributed by atoms with E-state index >= 15 is 0 Å². The Morgan fingerprint density at radius 3 is 2.68 bits per heavy atom. The zero-order valence-electron chi connectivity index (χ0n) is 12.1. The largest absolute Gasteiger partial charge is 0.356 e. The number of hydrogen-bond donors (Lipinski definition) is 2. The van der Waals surface area contributed by atoms with Gasteiger partial charge in [0.15, 0.2) is 5.96 Å². The third kappa shape index (κ3) is 6.15. The van der Waals surface area contributed by atoms with E-state index in [1.165, 1.54) is 51.4 Å². The van der Waals surface area contributed by atoms with Crippen LogP contribution in [0.3, 0.4) is 0 Å². The van der Waals surface area contributed by atoms with Crippen LogP contribution in [-0.4, -0.2) is 26.1 Å². The lowest BCUT2D eigenvalue weighted by molar-refractivity contribution is 0.314. The summed E-state index contributed by atoms with van der Waals surface area (Å²) in [5.74, 6) is 1.85. The van der Waals surface area contributed by atoms with Crippen LogP contribution >= 0.6 is 24.0 Å². The van der Waals surface area contributed by atoms with Crippen LogP contribution in [0.5, 0.6) is 0 Å². The van der Waals surface area contributed by atoms with Gasteiger partial charge < -0.3 is 10.6 Å². The Morgan fingerprint density at radius 1 is 1.26 bits per heavy atom. The normalized spacial score (nSPS) is 20.1. The second-order valence-corrected chi connectivity index (χ2v) is 5.53. The van der Waals surface area contributed by atoms with Gasteiger partial charge in [-0.05, 0) is 50.9 Å². The van der Waals surface area contributed by atoms with Crippen molar-refractivity contribution < 1.29 is 0 Å². The van der Waals surface area contributed by atoms with Crippen molar-refractivity contribution in [3.63, 3.8) is 0 Å². The van der Waals surface area contributed by atoms with Gasteiger partial charge in [-0.15, -0.1) is 24.0 Å². The Morgan fingerprint density at radius 2 is 2.11 bits per heavy atom. The Kier molecular flexibility index (Phi) is 8.50. The first-order valence-electron chi connectivity index (χ1n) is 7.51. The van der Waals surface area contributed by atoms with Gasteiger partial charge in [0, 0.05) is 20.1 Å². The number of nitrogens with zero attached hydrogens (tertiary/aromatic N) is 1. The molecule has 0 atom stereocenters. The van der Waals surface area contributed by atoms with Crippen LogP contribution in [-0.2, 0) is 0 Å². The maximum Gasteiger partial charge on any atom is 0.190 e. The SMILES string of the molecule is CN=C(NCCC1=CCCCC1)NCC1CCC1.I. The summed E-state index contributed by atoms with van der Waals surface area (Å²) in [6, 6.07) is 0. The van der Waals surface area contributed by atoms with Crippen LogP contribution in [0.25, 0.3) is 0 Å². The monoisotopic (exact) mass is 377 g/mol. The molecule has 0 saturated heterocycles. The van der Waals surface area contributed by atoms with Crippen LogP contribution in [0.1, 0.15) is 51.4 Å². The van der Waals surface area contributed by atoms with E-state index in [2.05, 4.69) is 21.7 Å². The summed E-state index contributed by atoms with van der Waals surface area (Å²) >= 11 is 0. The summed E-state index contributed by atoms with van der Waals surface area (Å²) < 4.78 is 0. The van der Waals surface area contributed by atoms with Gasteiger partial charge in [0.05, 0.1) is 0 Å². The molecule has 0 aromatic rings. The summed E-state index contributed by atoms with van der Waals surface area (Å²) in [4.78, 5) is 4.28. The summed E-state index contributed by atoms with van der Waals surface area (Å²) in [6.45, 7) is 2.10. The molecule has 1 fully saturated rings. The molecule has 0 aliphatic heterocycles. The molecule has 0 spiro atoms. The van der Waals surface area contributed by atoms with Crippen molar-refractivity contribution in [3.05, 3.63) is 11.6 Å². The number of rotatable bonds is 5. The van der Waals surface area contributed by atoms with Crippen LogP contribution in [0, 0.1) is 5.92 Å². The first-order valence-corrected chi connectivity index (χ1v) is 7.51. The van der Waals surface area contributed by atoms with E-state index in [1.54, 1.807) is 5.57 Å². The fourth-order valence-corrected chi connectivity index (χ4v) is 2.63. The summed E-state index contributed by atoms with van der Waals surface area (Å²) in [5, 5.41) is 6.85. The zero-order valence-corrected chi connectivity index (χ0v) is 14.4. The van der Waals surface area contributed by atoms with Crippen LogP contribution in [0.4, 0.5) is 0 Å². The molecule has 2 N–H and O–H groups in total. The van der Waals surface area contributed by atoms with Crippen molar-refractivity contribution in [3.8, 4) is 0 Å². The molecule has 19 heavy (non-hydrogen) atoms. The smallest absolute Gasteiger partial charge is 0.190 e. The molecular weight excluding hydrogens is 349 g/mol. The Balaban J connectivity index is 0.00000180. The van der Waals surface area contributed by atoms with Crippen molar-refractivity contribution in [2.75, 3.05) is 20.1 Å². The van der Waals surface area contributed by atoms with Crippen LogP contribution < -0.4 is 10.6 Å². The van der Waals surface area contributed by atoms with Gasteiger partial charge in [0.2, 0.25) is 0 Å². The summed E-state index contributed by atoms with van der Waals surface area (Å²) in [6.07, 6.45) is 13.1. The van der Waals surface area contributed by atoms with E-state index in [0.717, 1.165) is 25.0 Å². The second-order valence-electron chi connectivity index (χ2n) is 5.53. The predicted molar refractivity (Wildman–Crippen MR) is 93.3 cm³/mol. The number of hydrogen-bond acceptors (Lipinski definition) is 1.